The van der Waals surface area contributed by atoms with Gasteiger partial charge in [-0.2, -0.15) is 0 Å². The molecule has 4 rings (SSSR count). The molecule has 2 unspecified atom stereocenters. The maximum absolute atomic E-state index is 13.2. The number of nitrogens with zero attached hydrogens (tertiary/aromatic N) is 4. The maximum Gasteiger partial charge on any atom is 0.237 e. The first-order chi connectivity index (χ1) is 16.4. The molecule has 0 spiro atoms. The van der Waals surface area contributed by atoms with Gasteiger partial charge in [0.1, 0.15) is 5.75 Å². The molecule has 2 atom stereocenters. The van der Waals surface area contributed by atoms with Crippen LogP contribution in [0, 0.1) is 0 Å². The quantitative estimate of drug-likeness (QED) is 0.530. The SMILES string of the molecule is CC(=O)N1CCN(CC(=O)N2C3COCC2CN(C(=O)CCCOc2ccc(Cl)cc2)C3)CC1. The minimum atomic E-state index is -0.118. The van der Waals surface area contributed by atoms with E-state index in [0.29, 0.717) is 83.5 Å². The monoisotopic (exact) mass is 492 g/mol. The highest BCUT2D eigenvalue weighted by atomic mass is 35.5. The lowest BCUT2D eigenvalue weighted by Gasteiger charge is -2.50. The Bertz CT molecular complexity index is 861. The first-order valence-electron chi connectivity index (χ1n) is 11.9. The third kappa shape index (κ3) is 6.20. The van der Waals surface area contributed by atoms with Gasteiger partial charge in [-0.25, -0.2) is 0 Å². The molecular weight excluding hydrogens is 460 g/mol. The predicted molar refractivity (Wildman–Crippen MR) is 127 cm³/mol. The summed E-state index contributed by atoms with van der Waals surface area (Å²) >= 11 is 5.88. The van der Waals surface area contributed by atoms with Crippen LogP contribution in [0.3, 0.4) is 0 Å². The molecule has 9 nitrogen and oxygen atoms in total. The fraction of sp³-hybridized carbons (Fsp3) is 0.625. The molecule has 0 radical (unpaired) electrons. The van der Waals surface area contributed by atoms with Crippen molar-refractivity contribution in [3.63, 3.8) is 0 Å². The van der Waals surface area contributed by atoms with Crippen molar-refractivity contribution in [2.24, 2.45) is 0 Å². The Balaban J connectivity index is 1.23. The van der Waals surface area contributed by atoms with E-state index < -0.39 is 0 Å². The van der Waals surface area contributed by atoms with Crippen molar-refractivity contribution in [1.29, 1.82) is 0 Å². The van der Waals surface area contributed by atoms with Gasteiger partial charge in [-0.1, -0.05) is 11.6 Å². The first kappa shape index (κ1) is 24.8. The zero-order valence-corrected chi connectivity index (χ0v) is 20.4. The highest BCUT2D eigenvalue weighted by Crippen LogP contribution is 2.23. The average Bonchev–Trinajstić information content (AvgIpc) is 2.82. The molecule has 0 N–H and O–H groups in total. The van der Waals surface area contributed by atoms with Gasteiger partial charge in [0.25, 0.3) is 0 Å². The number of ether oxygens (including phenoxy) is 2. The smallest absolute Gasteiger partial charge is 0.237 e. The second-order valence-corrected chi connectivity index (χ2v) is 9.57. The van der Waals surface area contributed by atoms with Gasteiger partial charge in [0.15, 0.2) is 0 Å². The molecule has 1 aromatic carbocycles. The lowest BCUT2D eigenvalue weighted by molar-refractivity contribution is -0.162. The van der Waals surface area contributed by atoms with E-state index in [1.165, 1.54) is 0 Å². The van der Waals surface area contributed by atoms with Crippen molar-refractivity contribution < 1.29 is 23.9 Å². The summed E-state index contributed by atoms with van der Waals surface area (Å²) in [6.45, 7) is 6.98. The third-order valence-corrected chi connectivity index (χ3v) is 6.96. The molecule has 3 heterocycles. The van der Waals surface area contributed by atoms with Gasteiger partial charge in [0.05, 0.1) is 38.4 Å². The van der Waals surface area contributed by atoms with Crippen LogP contribution in [0.4, 0.5) is 0 Å². The van der Waals surface area contributed by atoms with E-state index in [0.717, 1.165) is 5.75 Å². The van der Waals surface area contributed by atoms with E-state index in [1.54, 1.807) is 19.1 Å². The van der Waals surface area contributed by atoms with Crippen LogP contribution in [0.25, 0.3) is 0 Å². The zero-order chi connectivity index (χ0) is 24.1. The summed E-state index contributed by atoms with van der Waals surface area (Å²) in [4.78, 5) is 45.2. The van der Waals surface area contributed by atoms with Crippen molar-refractivity contribution in [1.82, 2.24) is 19.6 Å². The van der Waals surface area contributed by atoms with E-state index in [4.69, 9.17) is 21.1 Å². The van der Waals surface area contributed by atoms with E-state index in [9.17, 15) is 14.4 Å². The minimum absolute atomic E-state index is 0.0787. The van der Waals surface area contributed by atoms with Gasteiger partial charge in [-0.05, 0) is 30.7 Å². The Morgan fingerprint density at radius 2 is 1.62 bits per heavy atom. The molecule has 1 aromatic rings. The number of hydrogen-bond donors (Lipinski definition) is 0. The van der Waals surface area contributed by atoms with Crippen molar-refractivity contribution >= 4 is 29.3 Å². The van der Waals surface area contributed by atoms with Crippen molar-refractivity contribution in [2.75, 3.05) is 65.6 Å². The number of carbonyl (C=O) groups excluding carboxylic acids is 3. The van der Waals surface area contributed by atoms with Gasteiger partial charge in [-0.3, -0.25) is 19.3 Å². The molecule has 0 saturated carbocycles. The molecule has 186 valence electrons. The van der Waals surface area contributed by atoms with Crippen LogP contribution in [-0.4, -0.2) is 115 Å². The van der Waals surface area contributed by atoms with Crippen LogP contribution in [0.5, 0.6) is 5.75 Å². The second-order valence-electron chi connectivity index (χ2n) is 9.13. The summed E-state index contributed by atoms with van der Waals surface area (Å²) in [5.41, 5.74) is 0. The number of piperazine rings is 2. The number of amides is 3. The zero-order valence-electron chi connectivity index (χ0n) is 19.7. The number of hydrogen-bond acceptors (Lipinski definition) is 6. The van der Waals surface area contributed by atoms with Crippen LogP contribution in [-0.2, 0) is 19.1 Å². The Morgan fingerprint density at radius 1 is 0.971 bits per heavy atom. The summed E-state index contributed by atoms with van der Waals surface area (Å²) in [5.74, 6) is 0.982. The second kappa shape index (κ2) is 11.4. The van der Waals surface area contributed by atoms with E-state index in [-0.39, 0.29) is 29.8 Å². The molecule has 3 amide bonds. The van der Waals surface area contributed by atoms with E-state index >= 15 is 0 Å². The lowest BCUT2D eigenvalue weighted by atomic mass is 10.0. The highest BCUT2D eigenvalue weighted by molar-refractivity contribution is 6.30. The number of morpholine rings is 1. The highest BCUT2D eigenvalue weighted by Gasteiger charge is 2.42. The van der Waals surface area contributed by atoms with Crippen LogP contribution in [0.2, 0.25) is 5.02 Å². The minimum Gasteiger partial charge on any atom is -0.494 e. The van der Waals surface area contributed by atoms with Gasteiger partial charge in [0.2, 0.25) is 17.7 Å². The fourth-order valence-electron chi connectivity index (χ4n) is 4.87. The van der Waals surface area contributed by atoms with Gasteiger partial charge in [0, 0.05) is 57.6 Å². The van der Waals surface area contributed by atoms with Crippen molar-refractivity contribution in [3.05, 3.63) is 29.3 Å². The molecule has 3 aliphatic rings. The molecule has 2 bridgehead atoms. The average molecular weight is 493 g/mol. The molecule has 0 aromatic heterocycles. The fourth-order valence-corrected chi connectivity index (χ4v) is 5.00. The molecule has 34 heavy (non-hydrogen) atoms. The molecular formula is C24H33ClN4O5. The largest absolute Gasteiger partial charge is 0.494 e. The number of halogens is 1. The third-order valence-electron chi connectivity index (χ3n) is 6.70. The van der Waals surface area contributed by atoms with Crippen molar-refractivity contribution in [3.8, 4) is 5.75 Å². The Hall–Kier alpha value is -2.36. The van der Waals surface area contributed by atoms with Gasteiger partial charge < -0.3 is 24.2 Å². The van der Waals surface area contributed by atoms with Crippen LogP contribution in [0.1, 0.15) is 19.8 Å². The number of rotatable bonds is 7. The first-order valence-corrected chi connectivity index (χ1v) is 12.3. The molecule has 3 fully saturated rings. The maximum atomic E-state index is 13.2. The van der Waals surface area contributed by atoms with Crippen LogP contribution < -0.4 is 4.74 Å². The van der Waals surface area contributed by atoms with Crippen LogP contribution in [0.15, 0.2) is 24.3 Å². The molecule has 0 aliphatic carbocycles. The molecule has 3 saturated heterocycles. The number of benzene rings is 1. The summed E-state index contributed by atoms with van der Waals surface area (Å²) < 4.78 is 11.4. The van der Waals surface area contributed by atoms with Gasteiger partial charge in [-0.15, -0.1) is 0 Å². The standard InChI is InChI=1S/C24H33ClN4O5/c1-18(30)27-10-8-26(9-11-27)15-24(32)29-20-13-28(14-21(29)17-33-16-20)23(31)3-2-12-34-22-6-4-19(25)5-7-22/h4-7,20-21H,2-3,8-17H2,1H3. The van der Waals surface area contributed by atoms with Crippen molar-refractivity contribution in [2.45, 2.75) is 31.8 Å². The summed E-state index contributed by atoms with van der Waals surface area (Å²) in [5, 5.41) is 0.658. The number of fused-ring (bicyclic) bond motifs is 2. The Morgan fingerprint density at radius 3 is 2.24 bits per heavy atom. The Labute approximate surface area is 205 Å². The molecule has 10 heteroatoms. The summed E-state index contributed by atoms with van der Waals surface area (Å²) in [7, 11) is 0. The topological polar surface area (TPSA) is 82.6 Å². The van der Waals surface area contributed by atoms with Gasteiger partial charge >= 0.3 is 0 Å². The lowest BCUT2D eigenvalue weighted by Crippen LogP contribution is -2.68. The van der Waals surface area contributed by atoms with Crippen LogP contribution >= 0.6 is 11.6 Å². The summed E-state index contributed by atoms with van der Waals surface area (Å²) in [6.07, 6.45) is 1.03. The van der Waals surface area contributed by atoms with E-state index in [1.807, 2.05) is 26.8 Å². The summed E-state index contributed by atoms with van der Waals surface area (Å²) in [6, 6.07) is 6.93. The predicted octanol–water partition coefficient (Wildman–Crippen LogP) is 1.10. The number of carbonyl (C=O) groups is 3. The molecule has 3 aliphatic heterocycles. The Kier molecular flexibility index (Phi) is 8.28. The normalized spacial score (nSPS) is 23.1. The van der Waals surface area contributed by atoms with E-state index in [2.05, 4.69) is 4.90 Å².